The van der Waals surface area contributed by atoms with Crippen LogP contribution < -0.4 is 5.32 Å². The maximum atomic E-state index is 5.39. The van der Waals surface area contributed by atoms with Crippen LogP contribution in [0.3, 0.4) is 0 Å². The van der Waals surface area contributed by atoms with E-state index in [0.717, 1.165) is 23.6 Å². The van der Waals surface area contributed by atoms with E-state index < -0.39 is 0 Å². The summed E-state index contributed by atoms with van der Waals surface area (Å²) in [4.78, 5) is 8.53. The van der Waals surface area contributed by atoms with Crippen LogP contribution in [0.2, 0.25) is 0 Å². The molecule has 0 aliphatic rings. The third-order valence-electron chi connectivity index (χ3n) is 2.61. The Hall–Kier alpha value is -1.68. The van der Waals surface area contributed by atoms with Crippen LogP contribution in [0.15, 0.2) is 35.2 Å². The Morgan fingerprint density at radius 2 is 2.12 bits per heavy atom. The third kappa shape index (κ3) is 3.14. The maximum absolute atomic E-state index is 5.39. The predicted molar refractivity (Wildman–Crippen MR) is 65.3 cm³/mol. The summed E-state index contributed by atoms with van der Waals surface area (Å²) in [5, 5.41) is 3.40. The number of hydrogen-bond donors (Lipinski definition) is 1. The number of furan rings is 1. The molecule has 0 bridgehead atoms. The Morgan fingerprint density at radius 3 is 2.71 bits per heavy atom. The van der Waals surface area contributed by atoms with E-state index in [9.17, 15) is 0 Å². The molecule has 0 amide bonds. The highest BCUT2D eigenvalue weighted by atomic mass is 16.3. The molecule has 0 fully saturated rings. The number of nitrogens with zero attached hydrogens (tertiary/aromatic N) is 2. The van der Waals surface area contributed by atoms with Crippen LogP contribution in [0.1, 0.15) is 36.5 Å². The van der Waals surface area contributed by atoms with Gasteiger partial charge in [-0.15, -0.1) is 0 Å². The van der Waals surface area contributed by atoms with Crippen LogP contribution in [0.4, 0.5) is 0 Å². The lowest BCUT2D eigenvalue weighted by Crippen LogP contribution is -2.21. The van der Waals surface area contributed by atoms with Gasteiger partial charge in [-0.25, -0.2) is 9.97 Å². The normalized spacial score (nSPS) is 12.6. The molecule has 2 rings (SSSR count). The lowest BCUT2D eigenvalue weighted by Gasteiger charge is -2.14. The quantitative estimate of drug-likeness (QED) is 0.859. The molecule has 2 heterocycles. The van der Waals surface area contributed by atoms with Crippen LogP contribution in [0.5, 0.6) is 0 Å². The number of hydrogen-bond acceptors (Lipinski definition) is 4. The zero-order chi connectivity index (χ0) is 12.1. The minimum atomic E-state index is 0.168. The van der Waals surface area contributed by atoms with Gasteiger partial charge in [-0.1, -0.05) is 6.92 Å². The second-order valence-electron chi connectivity index (χ2n) is 4.04. The SMILES string of the molecule is CCC(NCc1cc(C)co1)c1ncccn1. The number of nitrogens with one attached hydrogen (secondary N) is 1. The van der Waals surface area contributed by atoms with Crippen LogP contribution in [-0.2, 0) is 6.54 Å². The molecular weight excluding hydrogens is 214 g/mol. The number of aromatic nitrogens is 2. The number of aryl methyl sites for hydroxylation is 1. The van der Waals surface area contributed by atoms with Gasteiger partial charge in [0.15, 0.2) is 0 Å². The van der Waals surface area contributed by atoms with Crippen molar-refractivity contribution in [3.05, 3.63) is 47.9 Å². The molecule has 17 heavy (non-hydrogen) atoms. The van der Waals surface area contributed by atoms with Crippen LogP contribution in [0.25, 0.3) is 0 Å². The molecule has 0 aliphatic carbocycles. The smallest absolute Gasteiger partial charge is 0.145 e. The highest BCUT2D eigenvalue weighted by molar-refractivity contribution is 5.10. The zero-order valence-electron chi connectivity index (χ0n) is 10.2. The topological polar surface area (TPSA) is 51.0 Å². The summed E-state index contributed by atoms with van der Waals surface area (Å²) in [6.07, 6.45) is 6.24. The van der Waals surface area contributed by atoms with Crippen LogP contribution >= 0.6 is 0 Å². The third-order valence-corrected chi connectivity index (χ3v) is 2.61. The lowest BCUT2D eigenvalue weighted by molar-refractivity contribution is 0.433. The molecule has 0 radical (unpaired) electrons. The molecule has 4 nitrogen and oxygen atoms in total. The van der Waals surface area contributed by atoms with Gasteiger partial charge in [0, 0.05) is 12.4 Å². The Morgan fingerprint density at radius 1 is 1.35 bits per heavy atom. The van der Waals surface area contributed by atoms with Gasteiger partial charge in [-0.05, 0) is 31.0 Å². The zero-order valence-corrected chi connectivity index (χ0v) is 10.2. The molecule has 0 aliphatic heterocycles. The van der Waals surface area contributed by atoms with Crippen molar-refractivity contribution >= 4 is 0 Å². The van der Waals surface area contributed by atoms with Crippen LogP contribution in [-0.4, -0.2) is 9.97 Å². The molecule has 90 valence electrons. The first-order valence-corrected chi connectivity index (χ1v) is 5.84. The molecule has 1 N–H and O–H groups in total. The average molecular weight is 231 g/mol. The summed E-state index contributed by atoms with van der Waals surface area (Å²) >= 11 is 0. The van der Waals surface area contributed by atoms with E-state index >= 15 is 0 Å². The Bertz CT molecular complexity index is 453. The van der Waals surface area contributed by atoms with Crippen molar-refractivity contribution in [3.8, 4) is 0 Å². The van der Waals surface area contributed by atoms with Gasteiger partial charge >= 0.3 is 0 Å². The number of rotatable bonds is 5. The van der Waals surface area contributed by atoms with Gasteiger partial charge in [0.2, 0.25) is 0 Å². The molecule has 1 atom stereocenters. The fourth-order valence-electron chi connectivity index (χ4n) is 1.72. The lowest BCUT2D eigenvalue weighted by atomic mass is 10.2. The molecule has 0 aromatic carbocycles. The highest BCUT2D eigenvalue weighted by Gasteiger charge is 2.11. The summed E-state index contributed by atoms with van der Waals surface area (Å²) < 4.78 is 5.39. The molecule has 0 spiro atoms. The maximum Gasteiger partial charge on any atom is 0.145 e. The second-order valence-corrected chi connectivity index (χ2v) is 4.04. The van der Waals surface area contributed by atoms with Gasteiger partial charge < -0.3 is 9.73 Å². The highest BCUT2D eigenvalue weighted by Crippen LogP contribution is 2.13. The predicted octanol–water partition coefficient (Wildman–Crippen LogP) is 2.62. The summed E-state index contributed by atoms with van der Waals surface area (Å²) in [6, 6.07) is 4.03. The molecule has 1 unspecified atom stereocenters. The molecule has 2 aromatic rings. The Balaban J connectivity index is 1.97. The molecule has 0 saturated carbocycles. The van der Waals surface area contributed by atoms with Crippen molar-refractivity contribution in [2.45, 2.75) is 32.9 Å². The van der Waals surface area contributed by atoms with E-state index in [4.69, 9.17) is 4.42 Å². The van der Waals surface area contributed by atoms with Crippen molar-refractivity contribution in [2.24, 2.45) is 0 Å². The van der Waals surface area contributed by atoms with Gasteiger partial charge in [-0.2, -0.15) is 0 Å². The van der Waals surface area contributed by atoms with E-state index in [1.807, 2.05) is 19.1 Å². The molecular formula is C13H17N3O. The van der Waals surface area contributed by atoms with Crippen molar-refractivity contribution < 1.29 is 4.42 Å². The minimum absolute atomic E-state index is 0.168. The molecule has 2 aromatic heterocycles. The van der Waals surface area contributed by atoms with Gasteiger partial charge in [0.25, 0.3) is 0 Å². The monoisotopic (exact) mass is 231 g/mol. The fraction of sp³-hybridized carbons (Fsp3) is 0.385. The Kier molecular flexibility index (Phi) is 3.88. The van der Waals surface area contributed by atoms with Crippen LogP contribution in [0, 0.1) is 6.92 Å². The summed E-state index contributed by atoms with van der Waals surface area (Å²) in [5.41, 5.74) is 1.14. The van der Waals surface area contributed by atoms with E-state index in [-0.39, 0.29) is 6.04 Å². The van der Waals surface area contributed by atoms with E-state index in [1.54, 1.807) is 18.7 Å². The largest absolute Gasteiger partial charge is 0.468 e. The van der Waals surface area contributed by atoms with E-state index in [0.29, 0.717) is 6.54 Å². The average Bonchev–Trinajstić information content (AvgIpc) is 2.77. The van der Waals surface area contributed by atoms with Gasteiger partial charge in [0.05, 0.1) is 18.8 Å². The van der Waals surface area contributed by atoms with Crippen molar-refractivity contribution in [2.75, 3.05) is 0 Å². The molecule has 0 saturated heterocycles. The Labute approximate surface area is 101 Å². The second kappa shape index (κ2) is 5.59. The van der Waals surface area contributed by atoms with Gasteiger partial charge in [-0.3, -0.25) is 0 Å². The molecule has 4 heteroatoms. The fourth-order valence-corrected chi connectivity index (χ4v) is 1.72. The minimum Gasteiger partial charge on any atom is -0.468 e. The first-order chi connectivity index (χ1) is 8.29. The summed E-state index contributed by atoms with van der Waals surface area (Å²) in [7, 11) is 0. The summed E-state index contributed by atoms with van der Waals surface area (Å²) in [5.74, 6) is 1.77. The summed E-state index contributed by atoms with van der Waals surface area (Å²) in [6.45, 7) is 4.83. The standard InChI is InChI=1S/C13H17N3O/c1-3-12(13-14-5-4-6-15-13)16-8-11-7-10(2)9-17-11/h4-7,9,12,16H,3,8H2,1-2H3. The first-order valence-electron chi connectivity index (χ1n) is 5.84. The van der Waals surface area contributed by atoms with Gasteiger partial charge in [0.1, 0.15) is 11.6 Å². The van der Waals surface area contributed by atoms with Crippen molar-refractivity contribution in [1.29, 1.82) is 0 Å². The van der Waals surface area contributed by atoms with Crippen molar-refractivity contribution in [1.82, 2.24) is 15.3 Å². The first kappa shape index (κ1) is 11.8. The van der Waals surface area contributed by atoms with E-state index in [1.165, 1.54) is 0 Å². The van der Waals surface area contributed by atoms with Crippen molar-refractivity contribution in [3.63, 3.8) is 0 Å². The van der Waals surface area contributed by atoms with E-state index in [2.05, 4.69) is 22.2 Å².